The van der Waals surface area contributed by atoms with E-state index in [0.717, 1.165) is 11.3 Å². The number of carboxylic acids is 1. The molecule has 244 valence electrons. The molecule has 2 N–H and O–H groups in total. The number of amides is 2. The Morgan fingerprint density at radius 3 is 2.62 bits per heavy atom. The summed E-state index contributed by atoms with van der Waals surface area (Å²) >= 11 is 4.89. The van der Waals surface area contributed by atoms with Crippen LogP contribution in [0.5, 0.6) is 0 Å². The van der Waals surface area contributed by atoms with E-state index >= 15 is 0 Å². The quantitative estimate of drug-likeness (QED) is 0.305. The molecule has 4 heterocycles. The number of anilines is 1. The number of aliphatic imine (C=N–C) groups is 1. The summed E-state index contributed by atoms with van der Waals surface area (Å²) in [7, 11) is 0. The maximum atomic E-state index is 14.1. The number of fused-ring (bicyclic) bond motifs is 1. The number of hydrogen-bond acceptors (Lipinski definition) is 9. The van der Waals surface area contributed by atoms with Gasteiger partial charge < -0.3 is 20.1 Å². The summed E-state index contributed by atoms with van der Waals surface area (Å²) in [4.78, 5) is 54.0. The third kappa shape index (κ3) is 5.82. The van der Waals surface area contributed by atoms with Crippen LogP contribution in [0.15, 0.2) is 74.8 Å². The number of carbonyl (C=O) groups excluding carboxylic acids is 2. The number of ether oxygens (including phenoxy) is 1. The summed E-state index contributed by atoms with van der Waals surface area (Å²) in [5, 5.41) is 15.5. The Morgan fingerprint density at radius 2 is 1.96 bits per heavy atom. The molecule has 2 saturated heterocycles. The molecule has 0 radical (unpaired) electrons. The van der Waals surface area contributed by atoms with Crippen molar-refractivity contribution in [2.75, 3.05) is 44.2 Å². The van der Waals surface area contributed by atoms with E-state index in [1.54, 1.807) is 24.1 Å². The van der Waals surface area contributed by atoms with Crippen LogP contribution in [0.1, 0.15) is 41.9 Å². The molecule has 1 aromatic heterocycles. The van der Waals surface area contributed by atoms with Crippen LogP contribution in [0.3, 0.4) is 0 Å². The molecule has 4 aliphatic rings. The van der Waals surface area contributed by atoms with Crippen molar-refractivity contribution in [3.05, 3.63) is 91.7 Å². The van der Waals surface area contributed by atoms with Gasteiger partial charge in [0.25, 0.3) is 0 Å². The van der Waals surface area contributed by atoms with Crippen LogP contribution in [-0.2, 0) is 19.7 Å². The highest BCUT2D eigenvalue weighted by atomic mass is 79.9. The standard InChI is InChI=1S/C33H32BrFN6O5S/c1-2-46-30(42)26-25(37-28(29-36-11-14-47-29)38-27(26)23-8-5-20(35)15-24(23)34)18-39-12-13-40-22(16-39)17-41(32(40)45)21-6-3-19(4-7-21)33(9-10-33)31(43)44/h3-8,11,14-15,22,27H,2,9-10,12-13,16-18H2,1H3,(H,37,38)(H,43,44)/t22-,27-/m0/s1. The second kappa shape index (κ2) is 12.5. The van der Waals surface area contributed by atoms with Gasteiger partial charge in [-0.2, -0.15) is 0 Å². The van der Waals surface area contributed by atoms with Crippen molar-refractivity contribution in [1.29, 1.82) is 0 Å². The topological polar surface area (TPSA) is 128 Å². The van der Waals surface area contributed by atoms with E-state index in [1.807, 2.05) is 34.5 Å². The van der Waals surface area contributed by atoms with Crippen molar-refractivity contribution in [3.63, 3.8) is 0 Å². The number of halogens is 2. The summed E-state index contributed by atoms with van der Waals surface area (Å²) < 4.78 is 20.1. The van der Waals surface area contributed by atoms with Gasteiger partial charge in [-0.3, -0.25) is 19.6 Å². The Labute approximate surface area is 282 Å². The number of aromatic nitrogens is 1. The van der Waals surface area contributed by atoms with E-state index in [4.69, 9.17) is 9.73 Å². The first-order valence-corrected chi connectivity index (χ1v) is 17.1. The summed E-state index contributed by atoms with van der Waals surface area (Å²) in [6.45, 7) is 4.40. The minimum Gasteiger partial charge on any atom is -0.481 e. The summed E-state index contributed by atoms with van der Waals surface area (Å²) in [5.41, 5.74) is 2.27. The zero-order chi connectivity index (χ0) is 32.9. The Bertz CT molecular complexity index is 1790. The normalized spacial score (nSPS) is 22.1. The first-order valence-electron chi connectivity index (χ1n) is 15.4. The van der Waals surface area contributed by atoms with Crippen LogP contribution < -0.4 is 10.2 Å². The van der Waals surface area contributed by atoms with Crippen LogP contribution >= 0.6 is 27.3 Å². The summed E-state index contributed by atoms with van der Waals surface area (Å²) in [6, 6.07) is 10.7. The number of carboxylic acid groups (broad SMARTS) is 1. The number of thiazole rings is 1. The fourth-order valence-electron chi connectivity index (χ4n) is 6.63. The molecule has 47 heavy (non-hydrogen) atoms. The lowest BCUT2D eigenvalue weighted by Gasteiger charge is -2.38. The fraction of sp³-hybridized carbons (Fsp3) is 0.364. The smallest absolute Gasteiger partial charge is 0.338 e. The number of piperazine rings is 1. The fourth-order valence-corrected chi connectivity index (χ4v) is 7.79. The van der Waals surface area contributed by atoms with Gasteiger partial charge in [-0.25, -0.2) is 19.0 Å². The highest BCUT2D eigenvalue weighted by molar-refractivity contribution is 9.10. The van der Waals surface area contributed by atoms with Crippen molar-refractivity contribution in [3.8, 4) is 0 Å². The van der Waals surface area contributed by atoms with Crippen LogP contribution in [0.2, 0.25) is 0 Å². The van der Waals surface area contributed by atoms with Crippen molar-refractivity contribution in [1.82, 2.24) is 20.1 Å². The number of esters is 1. The molecule has 11 nitrogen and oxygen atoms in total. The minimum absolute atomic E-state index is 0.0802. The predicted molar refractivity (Wildman–Crippen MR) is 177 cm³/mol. The molecular weight excluding hydrogens is 691 g/mol. The van der Waals surface area contributed by atoms with E-state index in [9.17, 15) is 23.9 Å². The van der Waals surface area contributed by atoms with Gasteiger partial charge in [0.15, 0.2) is 10.8 Å². The highest BCUT2D eigenvalue weighted by Crippen LogP contribution is 2.48. The number of carbonyl (C=O) groups is 3. The Morgan fingerprint density at radius 1 is 1.17 bits per heavy atom. The van der Waals surface area contributed by atoms with Crippen LogP contribution in [0.25, 0.3) is 0 Å². The van der Waals surface area contributed by atoms with Gasteiger partial charge in [0.2, 0.25) is 0 Å². The zero-order valence-corrected chi connectivity index (χ0v) is 27.9. The van der Waals surface area contributed by atoms with Crippen LogP contribution in [-0.4, -0.2) is 89.1 Å². The van der Waals surface area contributed by atoms with Gasteiger partial charge in [-0.05, 0) is 55.2 Å². The molecule has 0 spiro atoms. The lowest BCUT2D eigenvalue weighted by atomic mass is 9.95. The maximum absolute atomic E-state index is 14.1. The van der Waals surface area contributed by atoms with Crippen LogP contribution in [0, 0.1) is 5.82 Å². The average molecular weight is 724 g/mol. The van der Waals surface area contributed by atoms with E-state index in [0.29, 0.717) is 77.7 Å². The SMILES string of the molecule is CCOC(=O)C1=C(CN2CCN3C(=O)N(c4ccc(C5(C(=O)O)CC5)cc4)C[C@@H]3C2)NC(c2nccs2)=N[C@H]1c1ccc(F)cc1Br. The van der Waals surface area contributed by atoms with Gasteiger partial charge in [-0.15, -0.1) is 11.3 Å². The van der Waals surface area contributed by atoms with Gasteiger partial charge in [-0.1, -0.05) is 34.1 Å². The summed E-state index contributed by atoms with van der Waals surface area (Å²) in [6.07, 6.45) is 2.93. The third-order valence-corrected chi connectivity index (χ3v) is 10.7. The van der Waals surface area contributed by atoms with E-state index in [2.05, 4.69) is 31.1 Å². The predicted octanol–water partition coefficient (Wildman–Crippen LogP) is 4.70. The van der Waals surface area contributed by atoms with E-state index < -0.39 is 29.2 Å². The number of benzene rings is 2. The lowest BCUT2D eigenvalue weighted by molar-refractivity contribution is -0.140. The molecule has 1 saturated carbocycles. The molecule has 2 aromatic carbocycles. The first kappa shape index (κ1) is 31.5. The number of nitrogens with one attached hydrogen (secondary N) is 1. The summed E-state index contributed by atoms with van der Waals surface area (Å²) in [5.74, 6) is -1.24. The molecule has 0 unspecified atom stereocenters. The van der Waals surface area contributed by atoms with Crippen molar-refractivity contribution in [2.45, 2.75) is 37.3 Å². The highest BCUT2D eigenvalue weighted by Gasteiger charge is 2.52. The van der Waals surface area contributed by atoms with Gasteiger partial charge in [0.1, 0.15) is 11.9 Å². The number of amidine groups is 1. The number of hydrogen-bond donors (Lipinski definition) is 2. The molecule has 1 aliphatic carbocycles. The first-order chi connectivity index (χ1) is 22.7. The molecule has 0 bridgehead atoms. The van der Waals surface area contributed by atoms with E-state index in [1.165, 1.54) is 23.5 Å². The molecule has 3 aliphatic heterocycles. The molecule has 7 rings (SSSR count). The van der Waals surface area contributed by atoms with Gasteiger partial charge >= 0.3 is 18.0 Å². The van der Waals surface area contributed by atoms with Crippen molar-refractivity contribution >= 4 is 56.8 Å². The second-order valence-electron chi connectivity index (χ2n) is 12.0. The van der Waals surface area contributed by atoms with Crippen LogP contribution in [0.4, 0.5) is 14.9 Å². The van der Waals surface area contributed by atoms with Gasteiger partial charge in [0, 0.05) is 60.2 Å². The molecular formula is C33H32BrFN6O5S. The third-order valence-electron chi connectivity index (χ3n) is 9.22. The molecule has 3 fully saturated rings. The monoisotopic (exact) mass is 722 g/mol. The Balaban J connectivity index is 1.15. The second-order valence-corrected chi connectivity index (χ2v) is 13.8. The number of urea groups is 1. The molecule has 14 heteroatoms. The number of nitrogens with zero attached hydrogens (tertiary/aromatic N) is 5. The van der Waals surface area contributed by atoms with Crippen molar-refractivity contribution in [2.24, 2.45) is 4.99 Å². The molecule has 2 amide bonds. The minimum atomic E-state index is -0.810. The Hall–Kier alpha value is -4.14. The maximum Gasteiger partial charge on any atom is 0.338 e. The average Bonchev–Trinajstić information content (AvgIpc) is 3.56. The zero-order valence-electron chi connectivity index (χ0n) is 25.5. The largest absolute Gasteiger partial charge is 0.481 e. The van der Waals surface area contributed by atoms with E-state index in [-0.39, 0.29) is 18.7 Å². The number of aliphatic carboxylic acids is 1. The van der Waals surface area contributed by atoms with Crippen molar-refractivity contribution < 1.29 is 28.6 Å². The molecule has 3 aromatic rings. The number of rotatable bonds is 9. The van der Waals surface area contributed by atoms with Gasteiger partial charge in [0.05, 0.1) is 23.6 Å². The lowest BCUT2D eigenvalue weighted by Crippen LogP contribution is -2.53. The Kier molecular flexibility index (Phi) is 8.35. The molecule has 2 atom stereocenters.